The van der Waals surface area contributed by atoms with Gasteiger partial charge in [0.15, 0.2) is 0 Å². The van der Waals surface area contributed by atoms with E-state index < -0.39 is 0 Å². The van der Waals surface area contributed by atoms with E-state index >= 15 is 0 Å². The van der Waals surface area contributed by atoms with Crippen LogP contribution in [0.1, 0.15) is 45.2 Å². The fraction of sp³-hybridized carbons (Fsp3) is 0.148. The summed E-state index contributed by atoms with van der Waals surface area (Å²) in [6.45, 7) is 4.13. The Labute approximate surface area is 180 Å². The van der Waals surface area contributed by atoms with Crippen LogP contribution in [0.4, 0.5) is 5.69 Å². The number of rotatable bonds is 0. The zero-order valence-corrected chi connectivity index (χ0v) is 17.4. The van der Waals surface area contributed by atoms with Gasteiger partial charge < -0.3 is 0 Å². The number of hydrogen-bond acceptors (Lipinski definition) is 4. The van der Waals surface area contributed by atoms with Gasteiger partial charge in [-0.3, -0.25) is 5.01 Å². The smallest absolute Gasteiger partial charge is 0.0962 e. The molecule has 3 heterocycles. The molecule has 2 aliphatic heterocycles. The number of benzene rings is 3. The summed E-state index contributed by atoms with van der Waals surface area (Å²) in [6, 6.07) is 26.3. The summed E-state index contributed by atoms with van der Waals surface area (Å²) < 4.78 is 0. The minimum Gasteiger partial charge on any atom is -0.254 e. The van der Waals surface area contributed by atoms with Gasteiger partial charge in [0.25, 0.3) is 0 Å². The Morgan fingerprint density at radius 3 is 2.10 bits per heavy atom. The molecule has 1 unspecified atom stereocenters. The van der Waals surface area contributed by atoms with Gasteiger partial charge in [-0.1, -0.05) is 72.8 Å². The molecular weight excluding hydrogens is 380 g/mol. The minimum absolute atomic E-state index is 0.0110. The molecule has 0 radical (unpaired) electrons. The van der Waals surface area contributed by atoms with Gasteiger partial charge in [0, 0.05) is 5.56 Å². The molecule has 1 aromatic heterocycles. The molecule has 1 atom stereocenters. The first-order valence-corrected chi connectivity index (χ1v) is 10.7. The number of anilines is 1. The van der Waals surface area contributed by atoms with Gasteiger partial charge >= 0.3 is 0 Å². The molecule has 0 bridgehead atoms. The van der Waals surface area contributed by atoms with Crippen LogP contribution < -0.4 is 5.01 Å². The molecule has 3 aliphatic rings. The van der Waals surface area contributed by atoms with Crippen molar-refractivity contribution in [2.45, 2.75) is 25.3 Å². The maximum absolute atomic E-state index is 4.98. The number of hydrogen-bond donors (Lipinski definition) is 0. The van der Waals surface area contributed by atoms with Crippen LogP contribution in [0.3, 0.4) is 0 Å². The third kappa shape index (κ3) is 1.85. The molecule has 148 valence electrons. The Kier molecular flexibility index (Phi) is 3.10. The molecule has 0 saturated heterocycles. The maximum Gasteiger partial charge on any atom is 0.0962 e. The van der Waals surface area contributed by atoms with E-state index in [9.17, 15) is 0 Å². The van der Waals surface area contributed by atoms with E-state index in [0.29, 0.717) is 0 Å². The molecule has 1 aliphatic carbocycles. The van der Waals surface area contributed by atoms with Crippen molar-refractivity contribution in [1.82, 2.24) is 10.2 Å². The highest BCUT2D eigenvalue weighted by molar-refractivity contribution is 5.93. The van der Waals surface area contributed by atoms with Crippen molar-refractivity contribution in [2.75, 3.05) is 5.01 Å². The molecule has 1 spiro atoms. The van der Waals surface area contributed by atoms with E-state index in [2.05, 4.69) is 94.9 Å². The maximum atomic E-state index is 4.98. The number of hydrazone groups is 1. The van der Waals surface area contributed by atoms with Gasteiger partial charge in [0.05, 0.1) is 34.7 Å². The average Bonchev–Trinajstić information content (AvgIpc) is 3.30. The van der Waals surface area contributed by atoms with Gasteiger partial charge in [-0.25, -0.2) is 0 Å². The Morgan fingerprint density at radius 2 is 1.35 bits per heavy atom. The number of aromatic nitrogens is 2. The molecular formula is C27H20N4. The first-order valence-electron chi connectivity index (χ1n) is 10.7. The zero-order chi connectivity index (χ0) is 20.7. The van der Waals surface area contributed by atoms with Crippen LogP contribution in [0.15, 0.2) is 77.9 Å². The third-order valence-corrected chi connectivity index (χ3v) is 7.18. The summed E-state index contributed by atoms with van der Waals surface area (Å²) in [7, 11) is 0. The van der Waals surface area contributed by atoms with Crippen molar-refractivity contribution in [1.29, 1.82) is 0 Å². The highest BCUT2D eigenvalue weighted by Crippen LogP contribution is 2.67. The van der Waals surface area contributed by atoms with Gasteiger partial charge in [-0.2, -0.15) is 15.3 Å². The van der Waals surface area contributed by atoms with Gasteiger partial charge in [0.1, 0.15) is 0 Å². The summed E-state index contributed by atoms with van der Waals surface area (Å²) in [6.07, 6.45) is 1.98. The minimum atomic E-state index is -0.388. The Bertz CT molecular complexity index is 1390. The molecule has 3 aromatic carbocycles. The van der Waals surface area contributed by atoms with E-state index in [4.69, 9.17) is 5.10 Å². The van der Waals surface area contributed by atoms with Crippen LogP contribution >= 0.6 is 0 Å². The number of nitrogens with zero attached hydrogens (tertiary/aromatic N) is 4. The van der Waals surface area contributed by atoms with E-state index in [0.717, 1.165) is 17.1 Å². The van der Waals surface area contributed by atoms with Gasteiger partial charge in [-0.05, 0) is 47.2 Å². The van der Waals surface area contributed by atoms with Crippen molar-refractivity contribution in [3.63, 3.8) is 0 Å². The highest BCUT2D eigenvalue weighted by Gasteiger charge is 2.60. The molecule has 4 heteroatoms. The Balaban J connectivity index is 1.72. The van der Waals surface area contributed by atoms with Crippen LogP contribution in [-0.4, -0.2) is 16.4 Å². The van der Waals surface area contributed by atoms with Gasteiger partial charge in [0.2, 0.25) is 0 Å². The third-order valence-electron chi connectivity index (χ3n) is 7.18. The van der Waals surface area contributed by atoms with Crippen LogP contribution in [0.25, 0.3) is 11.1 Å². The number of aryl methyl sites for hydroxylation is 2. The van der Waals surface area contributed by atoms with Crippen molar-refractivity contribution >= 4 is 11.9 Å². The second-order valence-corrected chi connectivity index (χ2v) is 8.61. The predicted octanol–water partition coefficient (Wildman–Crippen LogP) is 5.32. The quantitative estimate of drug-likeness (QED) is 0.401. The summed E-state index contributed by atoms with van der Waals surface area (Å²) in [5.74, 6) is 0. The molecule has 0 saturated carbocycles. The molecule has 4 nitrogen and oxygen atoms in total. The topological polar surface area (TPSA) is 41.4 Å². The largest absolute Gasteiger partial charge is 0.254 e. The molecule has 0 amide bonds. The molecule has 7 rings (SSSR count). The first kappa shape index (κ1) is 16.9. The van der Waals surface area contributed by atoms with Crippen LogP contribution in [0.2, 0.25) is 0 Å². The summed E-state index contributed by atoms with van der Waals surface area (Å²) >= 11 is 0. The second-order valence-electron chi connectivity index (χ2n) is 8.61. The van der Waals surface area contributed by atoms with Crippen molar-refractivity contribution < 1.29 is 0 Å². The van der Waals surface area contributed by atoms with Crippen LogP contribution in [0, 0.1) is 13.8 Å². The summed E-state index contributed by atoms with van der Waals surface area (Å²) in [5.41, 5.74) is 11.5. The van der Waals surface area contributed by atoms with Crippen molar-refractivity contribution in [2.24, 2.45) is 5.10 Å². The molecule has 31 heavy (non-hydrogen) atoms. The zero-order valence-electron chi connectivity index (χ0n) is 17.4. The van der Waals surface area contributed by atoms with Crippen molar-refractivity contribution in [3.8, 4) is 11.1 Å². The second kappa shape index (κ2) is 5.67. The standard InChI is InChI=1S/C27H20N4/c1-16-24-25(17(2)30-29-16)31-26(19-10-4-3-9-18(19)15-28-31)27(24)22-13-7-5-11-20(22)21-12-6-8-14-23(21)27/h3-15,26H,1-2H3. The highest BCUT2D eigenvalue weighted by atomic mass is 15.5. The SMILES string of the molecule is Cc1nnc(C)c2c1N1N=Cc3ccccc3C1C21c2ccccc2-c2ccccc21. The lowest BCUT2D eigenvalue weighted by molar-refractivity contribution is 0.501. The van der Waals surface area contributed by atoms with E-state index in [1.807, 2.05) is 13.1 Å². The van der Waals surface area contributed by atoms with Crippen molar-refractivity contribution in [3.05, 3.63) is 112 Å². The summed E-state index contributed by atoms with van der Waals surface area (Å²) in [5, 5.41) is 16.3. The lowest BCUT2D eigenvalue weighted by Gasteiger charge is -2.39. The predicted molar refractivity (Wildman–Crippen MR) is 123 cm³/mol. The Hall–Kier alpha value is -3.79. The van der Waals surface area contributed by atoms with E-state index in [-0.39, 0.29) is 11.5 Å². The monoisotopic (exact) mass is 400 g/mol. The summed E-state index contributed by atoms with van der Waals surface area (Å²) in [4.78, 5) is 0. The Morgan fingerprint density at radius 1 is 0.742 bits per heavy atom. The van der Waals surface area contributed by atoms with E-state index in [1.165, 1.54) is 38.9 Å². The normalized spacial score (nSPS) is 18.4. The average molecular weight is 400 g/mol. The van der Waals surface area contributed by atoms with Gasteiger partial charge in [-0.15, -0.1) is 0 Å². The molecule has 0 fully saturated rings. The van der Waals surface area contributed by atoms with Crippen LogP contribution in [0.5, 0.6) is 0 Å². The van der Waals surface area contributed by atoms with Crippen LogP contribution in [-0.2, 0) is 5.41 Å². The molecule has 0 N–H and O–H groups in total. The lowest BCUT2D eigenvalue weighted by atomic mass is 9.66. The fourth-order valence-electron chi connectivity index (χ4n) is 6.13. The lowest BCUT2D eigenvalue weighted by Crippen LogP contribution is -2.39. The first-order chi connectivity index (χ1) is 15.2. The molecule has 4 aromatic rings. The van der Waals surface area contributed by atoms with E-state index in [1.54, 1.807) is 0 Å². The fourth-order valence-corrected chi connectivity index (χ4v) is 6.13. The number of fused-ring (bicyclic) bond motifs is 12.